The van der Waals surface area contributed by atoms with Gasteiger partial charge in [-0.2, -0.15) is 0 Å². The van der Waals surface area contributed by atoms with Crippen molar-refractivity contribution in [2.75, 3.05) is 4.90 Å². The molecule has 1 unspecified atom stereocenters. The molecule has 24 heavy (non-hydrogen) atoms. The fourth-order valence-corrected chi connectivity index (χ4v) is 4.13. The molecule has 0 aromatic heterocycles. The first-order valence-electron chi connectivity index (χ1n) is 8.00. The van der Waals surface area contributed by atoms with Gasteiger partial charge < -0.3 is 4.90 Å². The summed E-state index contributed by atoms with van der Waals surface area (Å²) in [6, 6.07) is 22.2. The molecule has 0 N–H and O–H groups in total. The lowest BCUT2D eigenvalue weighted by atomic mass is 9.82. The van der Waals surface area contributed by atoms with Crippen LogP contribution in [0.3, 0.4) is 0 Å². The SMILES string of the molecule is O=C1c2ccccc2N2c3cc(F)ccc3CC12c1ccccc1. The molecule has 0 amide bonds. The average Bonchev–Trinajstić information content (AvgIpc) is 3.08. The largest absolute Gasteiger partial charge is 0.322 e. The van der Waals surface area contributed by atoms with E-state index < -0.39 is 5.54 Å². The third kappa shape index (κ3) is 1.51. The number of carbonyl (C=O) groups excluding carboxylic acids is 1. The second-order valence-corrected chi connectivity index (χ2v) is 6.36. The van der Waals surface area contributed by atoms with Crippen molar-refractivity contribution in [1.29, 1.82) is 0 Å². The van der Waals surface area contributed by atoms with Crippen LogP contribution in [0.4, 0.5) is 15.8 Å². The van der Waals surface area contributed by atoms with Crippen LogP contribution in [0.15, 0.2) is 72.8 Å². The number of fused-ring (bicyclic) bond motifs is 5. The minimum atomic E-state index is -0.804. The molecule has 2 heterocycles. The third-order valence-electron chi connectivity index (χ3n) is 5.13. The standard InChI is InChI=1S/C21H14FNO/c22-16-11-10-14-13-21(15-6-2-1-3-7-15)20(24)17-8-4-5-9-18(17)23(21)19(14)12-16/h1-12H,13H2. The summed E-state index contributed by atoms with van der Waals surface area (Å²) in [5, 5.41) is 0. The molecular formula is C21H14FNO. The van der Waals surface area contributed by atoms with Crippen molar-refractivity contribution < 1.29 is 9.18 Å². The molecule has 0 spiro atoms. The second kappa shape index (κ2) is 4.54. The summed E-state index contributed by atoms with van der Waals surface area (Å²) in [5.41, 5.74) is 3.50. The van der Waals surface area contributed by atoms with Crippen LogP contribution >= 0.6 is 0 Å². The van der Waals surface area contributed by atoms with Crippen LogP contribution < -0.4 is 4.90 Å². The number of para-hydroxylation sites is 1. The Bertz CT molecular complexity index is 982. The Labute approximate surface area is 139 Å². The van der Waals surface area contributed by atoms with E-state index in [0.29, 0.717) is 12.0 Å². The Balaban J connectivity index is 1.85. The van der Waals surface area contributed by atoms with Crippen molar-refractivity contribution in [3.8, 4) is 0 Å². The van der Waals surface area contributed by atoms with E-state index in [4.69, 9.17) is 0 Å². The molecule has 3 heteroatoms. The zero-order valence-corrected chi connectivity index (χ0v) is 12.9. The van der Waals surface area contributed by atoms with Gasteiger partial charge in [-0.05, 0) is 35.4 Å². The number of Topliss-reactive ketones (excluding diaryl/α,β-unsaturated/α-hetero) is 1. The topological polar surface area (TPSA) is 20.3 Å². The first kappa shape index (κ1) is 13.5. The van der Waals surface area contributed by atoms with Crippen LogP contribution in [-0.4, -0.2) is 5.78 Å². The summed E-state index contributed by atoms with van der Waals surface area (Å²) in [6.45, 7) is 0. The van der Waals surface area contributed by atoms with E-state index in [2.05, 4.69) is 0 Å². The first-order chi connectivity index (χ1) is 11.7. The van der Waals surface area contributed by atoms with Gasteiger partial charge >= 0.3 is 0 Å². The van der Waals surface area contributed by atoms with Gasteiger partial charge in [0, 0.05) is 17.7 Å². The number of carbonyl (C=O) groups is 1. The van der Waals surface area contributed by atoms with E-state index in [0.717, 1.165) is 22.5 Å². The summed E-state index contributed by atoms with van der Waals surface area (Å²) in [5.74, 6) is -0.199. The number of hydrogen-bond acceptors (Lipinski definition) is 2. The highest BCUT2D eigenvalue weighted by molar-refractivity contribution is 6.17. The highest BCUT2D eigenvalue weighted by Crippen LogP contribution is 2.56. The lowest BCUT2D eigenvalue weighted by Crippen LogP contribution is -2.43. The normalized spacial score (nSPS) is 20.7. The zero-order chi connectivity index (χ0) is 16.3. The number of benzene rings is 3. The molecule has 0 saturated heterocycles. The first-order valence-corrected chi connectivity index (χ1v) is 8.00. The minimum Gasteiger partial charge on any atom is -0.322 e. The lowest BCUT2D eigenvalue weighted by molar-refractivity contribution is 0.0909. The van der Waals surface area contributed by atoms with Gasteiger partial charge in [0.25, 0.3) is 0 Å². The Morgan fingerprint density at radius 2 is 1.62 bits per heavy atom. The molecule has 116 valence electrons. The molecule has 0 aliphatic carbocycles. The Morgan fingerprint density at radius 1 is 0.875 bits per heavy atom. The fraction of sp³-hybridized carbons (Fsp3) is 0.0952. The van der Waals surface area contributed by atoms with Gasteiger partial charge in [-0.1, -0.05) is 48.5 Å². The van der Waals surface area contributed by atoms with E-state index in [1.54, 1.807) is 6.07 Å². The molecule has 1 atom stereocenters. The van der Waals surface area contributed by atoms with Gasteiger partial charge in [-0.3, -0.25) is 4.79 Å². The molecule has 0 bridgehead atoms. The minimum absolute atomic E-state index is 0.0842. The van der Waals surface area contributed by atoms with E-state index in [1.165, 1.54) is 12.1 Å². The van der Waals surface area contributed by atoms with Crippen LogP contribution in [0.2, 0.25) is 0 Å². The number of halogens is 1. The number of rotatable bonds is 1. The third-order valence-corrected chi connectivity index (χ3v) is 5.13. The summed E-state index contributed by atoms with van der Waals surface area (Å²) in [4.78, 5) is 15.4. The van der Waals surface area contributed by atoms with Gasteiger partial charge in [-0.25, -0.2) is 4.39 Å². The fourth-order valence-electron chi connectivity index (χ4n) is 4.13. The van der Waals surface area contributed by atoms with Gasteiger partial charge in [0.05, 0.1) is 5.69 Å². The summed E-state index contributed by atoms with van der Waals surface area (Å²) >= 11 is 0. The van der Waals surface area contributed by atoms with Crippen molar-refractivity contribution in [2.24, 2.45) is 0 Å². The van der Waals surface area contributed by atoms with Crippen LogP contribution in [0.5, 0.6) is 0 Å². The molecule has 0 fully saturated rings. The summed E-state index contributed by atoms with van der Waals surface area (Å²) in [6.07, 6.45) is 0.556. The molecular weight excluding hydrogens is 301 g/mol. The maximum atomic E-state index is 13.9. The van der Waals surface area contributed by atoms with Crippen LogP contribution in [0.1, 0.15) is 21.5 Å². The molecule has 5 rings (SSSR count). The van der Waals surface area contributed by atoms with Gasteiger partial charge in [0.1, 0.15) is 11.4 Å². The second-order valence-electron chi connectivity index (χ2n) is 6.36. The average molecular weight is 315 g/mol. The van der Waals surface area contributed by atoms with Crippen LogP contribution in [0, 0.1) is 5.82 Å². The zero-order valence-electron chi connectivity index (χ0n) is 12.9. The van der Waals surface area contributed by atoms with Gasteiger partial charge in [0.2, 0.25) is 0 Å². The van der Waals surface area contributed by atoms with Crippen molar-refractivity contribution >= 4 is 17.2 Å². The molecule has 3 aromatic rings. The number of ketones is 1. The van der Waals surface area contributed by atoms with Gasteiger partial charge in [0.15, 0.2) is 5.78 Å². The summed E-state index contributed by atoms with van der Waals surface area (Å²) in [7, 11) is 0. The maximum absolute atomic E-state index is 13.9. The quantitative estimate of drug-likeness (QED) is 0.653. The molecule has 0 saturated carbocycles. The van der Waals surface area contributed by atoms with E-state index in [-0.39, 0.29) is 11.6 Å². The van der Waals surface area contributed by atoms with E-state index in [9.17, 15) is 9.18 Å². The van der Waals surface area contributed by atoms with Crippen LogP contribution in [-0.2, 0) is 12.0 Å². The lowest BCUT2D eigenvalue weighted by Gasteiger charge is -2.33. The van der Waals surface area contributed by atoms with Crippen molar-refractivity contribution in [3.63, 3.8) is 0 Å². The van der Waals surface area contributed by atoms with Crippen LogP contribution in [0.25, 0.3) is 0 Å². The predicted octanol–water partition coefficient (Wildman–Crippen LogP) is 4.61. The Kier molecular flexibility index (Phi) is 2.55. The molecule has 3 aromatic carbocycles. The van der Waals surface area contributed by atoms with E-state index in [1.807, 2.05) is 59.5 Å². The predicted molar refractivity (Wildman–Crippen MR) is 91.1 cm³/mol. The Hall–Kier alpha value is -2.94. The highest BCUT2D eigenvalue weighted by Gasteiger charge is 2.57. The van der Waals surface area contributed by atoms with E-state index >= 15 is 0 Å². The van der Waals surface area contributed by atoms with Crippen molar-refractivity contribution in [3.05, 3.63) is 95.3 Å². The highest BCUT2D eigenvalue weighted by atomic mass is 19.1. The monoisotopic (exact) mass is 315 g/mol. The maximum Gasteiger partial charge on any atom is 0.195 e. The molecule has 2 aliphatic heterocycles. The number of hydrogen-bond donors (Lipinski definition) is 0. The number of nitrogens with zero attached hydrogens (tertiary/aromatic N) is 1. The smallest absolute Gasteiger partial charge is 0.195 e. The Morgan fingerprint density at radius 3 is 2.46 bits per heavy atom. The molecule has 2 nitrogen and oxygen atoms in total. The van der Waals surface area contributed by atoms with Crippen molar-refractivity contribution in [1.82, 2.24) is 0 Å². The number of anilines is 2. The molecule has 0 radical (unpaired) electrons. The van der Waals surface area contributed by atoms with Gasteiger partial charge in [-0.15, -0.1) is 0 Å². The summed E-state index contributed by atoms with van der Waals surface area (Å²) < 4.78 is 13.9. The molecule has 2 aliphatic rings. The van der Waals surface area contributed by atoms with Crippen molar-refractivity contribution in [2.45, 2.75) is 12.0 Å².